The largest absolute Gasteiger partial charge is 0.444 e. The fourth-order valence-corrected chi connectivity index (χ4v) is 2.83. The molecule has 0 unspecified atom stereocenters. The van der Waals surface area contributed by atoms with Crippen LogP contribution in [0.2, 0.25) is 0 Å². The van der Waals surface area contributed by atoms with E-state index in [0.29, 0.717) is 17.0 Å². The molecule has 2 aromatic rings. The average molecular weight is 313 g/mol. The zero-order valence-corrected chi connectivity index (χ0v) is 12.5. The molecule has 0 atom stereocenters. The van der Waals surface area contributed by atoms with E-state index in [1.807, 2.05) is 0 Å². The first-order chi connectivity index (χ1) is 9.83. The van der Waals surface area contributed by atoms with Gasteiger partial charge in [-0.1, -0.05) is 6.07 Å². The van der Waals surface area contributed by atoms with Crippen molar-refractivity contribution >= 4 is 10.0 Å². The Hall–Kier alpha value is -1.77. The van der Waals surface area contributed by atoms with Crippen LogP contribution in [-0.2, 0) is 23.1 Å². The Bertz CT molecular complexity index is 737. The summed E-state index contributed by atoms with van der Waals surface area (Å²) in [6.07, 6.45) is 0. The molecule has 1 aromatic carbocycles. The first kappa shape index (κ1) is 15.6. The first-order valence-electron chi connectivity index (χ1n) is 6.24. The van der Waals surface area contributed by atoms with Gasteiger partial charge >= 0.3 is 0 Å². The molecule has 1 aromatic heterocycles. The van der Waals surface area contributed by atoms with E-state index in [0.717, 1.165) is 6.07 Å². The molecule has 0 bridgehead atoms. The van der Waals surface area contributed by atoms with E-state index in [1.165, 1.54) is 12.1 Å². The molecular weight excluding hydrogens is 297 g/mol. The van der Waals surface area contributed by atoms with Crippen LogP contribution in [0.5, 0.6) is 0 Å². The second kappa shape index (κ2) is 5.92. The van der Waals surface area contributed by atoms with Crippen LogP contribution < -0.4 is 10.5 Å². The van der Waals surface area contributed by atoms with Gasteiger partial charge in [-0.2, -0.15) is 0 Å². The number of hydrogen-bond donors (Lipinski definition) is 2. The number of benzene rings is 1. The summed E-state index contributed by atoms with van der Waals surface area (Å²) in [7, 11) is -4.01. The maximum Gasteiger partial charge on any atom is 0.243 e. The third-order valence-corrected chi connectivity index (χ3v) is 4.42. The van der Waals surface area contributed by atoms with Gasteiger partial charge in [0, 0.05) is 6.54 Å². The van der Waals surface area contributed by atoms with Gasteiger partial charge < -0.3 is 10.2 Å². The molecule has 0 aliphatic rings. The van der Waals surface area contributed by atoms with E-state index in [9.17, 15) is 12.8 Å². The molecular formula is C13H16FN3O3S. The quantitative estimate of drug-likeness (QED) is 0.868. The average Bonchev–Trinajstić information content (AvgIpc) is 2.76. The van der Waals surface area contributed by atoms with Crippen molar-refractivity contribution in [3.05, 3.63) is 46.9 Å². The number of nitrogens with one attached hydrogen (secondary N) is 1. The van der Waals surface area contributed by atoms with E-state index in [2.05, 4.69) is 9.71 Å². The highest BCUT2D eigenvalue weighted by Crippen LogP contribution is 2.17. The van der Waals surface area contributed by atoms with E-state index >= 15 is 0 Å². The normalized spacial score (nSPS) is 11.8. The van der Waals surface area contributed by atoms with Crippen LogP contribution in [0.1, 0.15) is 22.9 Å². The van der Waals surface area contributed by atoms with Crippen molar-refractivity contribution in [1.29, 1.82) is 0 Å². The summed E-state index contributed by atoms with van der Waals surface area (Å²) in [5.74, 6) is 0.00364. The molecule has 0 saturated heterocycles. The van der Waals surface area contributed by atoms with Gasteiger partial charge in [-0.25, -0.2) is 22.5 Å². The van der Waals surface area contributed by atoms with Crippen molar-refractivity contribution in [2.24, 2.45) is 5.73 Å². The summed E-state index contributed by atoms with van der Waals surface area (Å²) in [6, 6.07) is 3.73. The molecule has 0 spiro atoms. The number of aryl methyl sites for hydroxylation is 2. The number of oxazole rings is 1. The van der Waals surface area contributed by atoms with Crippen LogP contribution in [0.15, 0.2) is 27.5 Å². The standard InChI is InChI=1S/C13H16FN3O3S/c1-8-9(2)20-13(17-8)7-16-21(18,19)12-5-10(6-15)3-4-11(12)14/h3-5,16H,6-7,15H2,1-2H3. The highest BCUT2D eigenvalue weighted by Gasteiger charge is 2.20. The lowest BCUT2D eigenvalue weighted by molar-refractivity contribution is 0.462. The van der Waals surface area contributed by atoms with Crippen molar-refractivity contribution in [1.82, 2.24) is 9.71 Å². The van der Waals surface area contributed by atoms with Gasteiger partial charge in [0.05, 0.1) is 12.2 Å². The van der Waals surface area contributed by atoms with Gasteiger partial charge in [-0.15, -0.1) is 0 Å². The summed E-state index contributed by atoms with van der Waals surface area (Å²) >= 11 is 0. The summed E-state index contributed by atoms with van der Waals surface area (Å²) in [6.45, 7) is 3.45. The predicted octanol–water partition coefficient (Wildman–Crippen LogP) is 1.37. The van der Waals surface area contributed by atoms with Crippen molar-refractivity contribution in [3.8, 4) is 0 Å². The van der Waals surface area contributed by atoms with E-state index < -0.39 is 20.7 Å². The van der Waals surface area contributed by atoms with Crippen molar-refractivity contribution in [2.45, 2.75) is 31.8 Å². The third-order valence-electron chi connectivity index (χ3n) is 3.01. The molecule has 6 nitrogen and oxygen atoms in total. The Labute approximate surface area is 122 Å². The second-order valence-electron chi connectivity index (χ2n) is 4.54. The van der Waals surface area contributed by atoms with Crippen LogP contribution in [0, 0.1) is 19.7 Å². The lowest BCUT2D eigenvalue weighted by atomic mass is 10.2. The molecule has 0 aliphatic heterocycles. The molecule has 3 N–H and O–H groups in total. The van der Waals surface area contributed by atoms with Crippen LogP contribution in [0.25, 0.3) is 0 Å². The van der Waals surface area contributed by atoms with Gasteiger partial charge in [0.25, 0.3) is 0 Å². The first-order valence-corrected chi connectivity index (χ1v) is 7.73. The summed E-state index contributed by atoms with van der Waals surface area (Å²) in [5, 5.41) is 0. The maximum absolute atomic E-state index is 13.7. The van der Waals surface area contributed by atoms with E-state index in [-0.39, 0.29) is 19.0 Å². The molecule has 0 saturated carbocycles. The molecule has 114 valence electrons. The maximum atomic E-state index is 13.7. The topological polar surface area (TPSA) is 98.2 Å². The number of sulfonamides is 1. The predicted molar refractivity (Wildman–Crippen MR) is 74.3 cm³/mol. The number of hydrogen-bond acceptors (Lipinski definition) is 5. The summed E-state index contributed by atoms with van der Waals surface area (Å²) in [5.41, 5.74) is 6.64. The Morgan fingerprint density at radius 3 is 2.67 bits per heavy atom. The Balaban J connectivity index is 2.22. The van der Waals surface area contributed by atoms with Gasteiger partial charge in [0.1, 0.15) is 16.5 Å². The minimum Gasteiger partial charge on any atom is -0.444 e. The Kier molecular flexibility index (Phi) is 4.40. The third kappa shape index (κ3) is 3.46. The highest BCUT2D eigenvalue weighted by molar-refractivity contribution is 7.89. The smallest absolute Gasteiger partial charge is 0.243 e. The number of nitrogens with two attached hydrogens (primary N) is 1. The molecule has 0 fully saturated rings. The lowest BCUT2D eigenvalue weighted by Gasteiger charge is -2.07. The van der Waals surface area contributed by atoms with E-state index in [4.69, 9.17) is 10.2 Å². The summed E-state index contributed by atoms with van der Waals surface area (Å²) < 4.78 is 45.5. The van der Waals surface area contributed by atoms with Gasteiger partial charge in [0.2, 0.25) is 15.9 Å². The van der Waals surface area contributed by atoms with Crippen LogP contribution >= 0.6 is 0 Å². The number of aromatic nitrogens is 1. The molecule has 21 heavy (non-hydrogen) atoms. The van der Waals surface area contributed by atoms with E-state index in [1.54, 1.807) is 13.8 Å². The highest BCUT2D eigenvalue weighted by atomic mass is 32.2. The SMILES string of the molecule is Cc1nc(CNS(=O)(=O)c2cc(CN)ccc2F)oc1C. The second-order valence-corrected chi connectivity index (χ2v) is 6.28. The molecule has 0 radical (unpaired) electrons. The van der Waals surface area contributed by atoms with Crippen LogP contribution in [0.3, 0.4) is 0 Å². The molecule has 0 amide bonds. The Morgan fingerprint density at radius 2 is 2.10 bits per heavy atom. The van der Waals surface area contributed by atoms with Crippen molar-refractivity contribution in [2.75, 3.05) is 0 Å². The molecule has 2 rings (SSSR count). The zero-order chi connectivity index (χ0) is 15.6. The van der Waals surface area contributed by atoms with Gasteiger partial charge in [0.15, 0.2) is 0 Å². The number of nitrogens with zero attached hydrogens (tertiary/aromatic N) is 1. The lowest BCUT2D eigenvalue weighted by Crippen LogP contribution is -2.24. The van der Waals surface area contributed by atoms with Crippen LogP contribution in [0.4, 0.5) is 4.39 Å². The number of halogens is 1. The number of rotatable bonds is 5. The minimum absolute atomic E-state index is 0.126. The minimum atomic E-state index is -4.01. The van der Waals surface area contributed by atoms with Gasteiger partial charge in [-0.05, 0) is 31.5 Å². The monoisotopic (exact) mass is 313 g/mol. The molecule has 8 heteroatoms. The zero-order valence-electron chi connectivity index (χ0n) is 11.7. The fraction of sp³-hybridized carbons (Fsp3) is 0.308. The van der Waals surface area contributed by atoms with Crippen LogP contribution in [-0.4, -0.2) is 13.4 Å². The van der Waals surface area contributed by atoms with Crippen molar-refractivity contribution in [3.63, 3.8) is 0 Å². The van der Waals surface area contributed by atoms with Crippen molar-refractivity contribution < 1.29 is 17.2 Å². The fourth-order valence-electron chi connectivity index (χ4n) is 1.73. The molecule has 1 heterocycles. The molecule has 0 aliphatic carbocycles. The summed E-state index contributed by atoms with van der Waals surface area (Å²) in [4.78, 5) is 3.62. The Morgan fingerprint density at radius 1 is 1.38 bits per heavy atom. The van der Waals surface area contributed by atoms with Gasteiger partial charge in [-0.3, -0.25) is 0 Å².